The van der Waals surface area contributed by atoms with Crippen molar-refractivity contribution in [2.75, 3.05) is 33.0 Å². The first kappa shape index (κ1) is 14.2. The summed E-state index contributed by atoms with van der Waals surface area (Å²) in [7, 11) is 0. The number of rotatable bonds is 3. The number of hydrogen-bond acceptors (Lipinski definition) is 5. The molecule has 0 atom stereocenters. The van der Waals surface area contributed by atoms with E-state index in [0.29, 0.717) is 50.0 Å². The quantitative estimate of drug-likeness (QED) is 0.856. The Bertz CT molecular complexity index is 526. The predicted octanol–water partition coefficient (Wildman–Crippen LogP) is 0.695. The van der Waals surface area contributed by atoms with Crippen LogP contribution in [0.4, 0.5) is 0 Å². The number of fused-ring (bicyclic) bond motifs is 1. The number of nitrogens with two attached hydrogens (primary N) is 1. The molecule has 6 heteroatoms. The first-order valence-corrected chi connectivity index (χ1v) is 7.22. The van der Waals surface area contributed by atoms with E-state index in [2.05, 4.69) is 5.32 Å². The summed E-state index contributed by atoms with van der Waals surface area (Å²) in [5.74, 6) is 1.15. The van der Waals surface area contributed by atoms with Gasteiger partial charge in [-0.15, -0.1) is 0 Å². The third-order valence-corrected chi connectivity index (χ3v) is 4.02. The minimum atomic E-state index is -0.372. The van der Waals surface area contributed by atoms with Gasteiger partial charge >= 0.3 is 0 Å². The number of carbonyl (C=O) groups excluding carboxylic acids is 1. The summed E-state index contributed by atoms with van der Waals surface area (Å²) >= 11 is 0. The summed E-state index contributed by atoms with van der Waals surface area (Å²) in [6.45, 7) is 2.70. The molecular formula is C15H20N2O4. The highest BCUT2D eigenvalue weighted by molar-refractivity contribution is 5.95. The van der Waals surface area contributed by atoms with Crippen molar-refractivity contribution in [2.24, 2.45) is 5.73 Å². The van der Waals surface area contributed by atoms with Crippen LogP contribution in [0.1, 0.15) is 23.2 Å². The van der Waals surface area contributed by atoms with Crippen molar-refractivity contribution in [3.05, 3.63) is 23.8 Å². The van der Waals surface area contributed by atoms with E-state index in [-0.39, 0.29) is 11.4 Å². The molecule has 3 rings (SSSR count). The van der Waals surface area contributed by atoms with Gasteiger partial charge in [0.2, 0.25) is 0 Å². The van der Waals surface area contributed by atoms with Gasteiger partial charge in [-0.25, -0.2) is 0 Å². The molecule has 114 valence electrons. The molecule has 1 amide bonds. The van der Waals surface area contributed by atoms with Gasteiger partial charge in [-0.05, 0) is 31.0 Å². The van der Waals surface area contributed by atoms with E-state index >= 15 is 0 Å². The first-order valence-electron chi connectivity index (χ1n) is 7.22. The highest BCUT2D eigenvalue weighted by atomic mass is 16.6. The Balaban J connectivity index is 1.75. The molecule has 0 aromatic heterocycles. The fourth-order valence-corrected chi connectivity index (χ4v) is 2.64. The fraction of sp³-hybridized carbons (Fsp3) is 0.533. The number of amides is 1. The lowest BCUT2D eigenvalue weighted by Crippen LogP contribution is -2.56. The van der Waals surface area contributed by atoms with Crippen LogP contribution in [0.25, 0.3) is 0 Å². The Morgan fingerprint density at radius 2 is 1.86 bits per heavy atom. The zero-order valence-corrected chi connectivity index (χ0v) is 11.9. The number of benzene rings is 1. The molecule has 3 N–H and O–H groups in total. The van der Waals surface area contributed by atoms with Crippen LogP contribution in [0.5, 0.6) is 11.5 Å². The third kappa shape index (κ3) is 2.96. The minimum Gasteiger partial charge on any atom is -0.486 e. The van der Waals surface area contributed by atoms with E-state index in [1.54, 1.807) is 18.2 Å². The molecule has 1 saturated heterocycles. The van der Waals surface area contributed by atoms with Crippen LogP contribution in [0.2, 0.25) is 0 Å². The molecule has 6 nitrogen and oxygen atoms in total. The Hall–Kier alpha value is -1.79. The second-order valence-electron chi connectivity index (χ2n) is 5.41. The van der Waals surface area contributed by atoms with Crippen molar-refractivity contribution in [1.29, 1.82) is 0 Å². The maximum absolute atomic E-state index is 12.5. The molecule has 2 heterocycles. The zero-order valence-electron chi connectivity index (χ0n) is 11.9. The highest BCUT2D eigenvalue weighted by Crippen LogP contribution is 2.31. The van der Waals surface area contributed by atoms with Crippen molar-refractivity contribution < 1.29 is 19.0 Å². The Kier molecular flexibility index (Phi) is 3.98. The summed E-state index contributed by atoms with van der Waals surface area (Å²) in [6, 6.07) is 5.22. The monoisotopic (exact) mass is 292 g/mol. The van der Waals surface area contributed by atoms with Gasteiger partial charge in [-0.1, -0.05) is 0 Å². The van der Waals surface area contributed by atoms with Crippen molar-refractivity contribution in [3.8, 4) is 11.5 Å². The number of carbonyl (C=O) groups is 1. The molecule has 0 spiro atoms. The van der Waals surface area contributed by atoms with Crippen LogP contribution in [-0.4, -0.2) is 44.4 Å². The molecule has 21 heavy (non-hydrogen) atoms. The van der Waals surface area contributed by atoms with Gasteiger partial charge in [0.25, 0.3) is 5.91 Å². The average Bonchev–Trinajstić information content (AvgIpc) is 2.55. The lowest BCUT2D eigenvalue weighted by Gasteiger charge is -2.37. The zero-order chi connectivity index (χ0) is 14.7. The summed E-state index contributed by atoms with van der Waals surface area (Å²) < 4.78 is 16.3. The Labute approximate surface area is 123 Å². The molecule has 1 fully saturated rings. The van der Waals surface area contributed by atoms with Crippen LogP contribution in [0.3, 0.4) is 0 Å². The minimum absolute atomic E-state index is 0.140. The van der Waals surface area contributed by atoms with Crippen LogP contribution in [-0.2, 0) is 4.74 Å². The van der Waals surface area contributed by atoms with Crippen molar-refractivity contribution >= 4 is 5.91 Å². The predicted molar refractivity (Wildman–Crippen MR) is 76.7 cm³/mol. The van der Waals surface area contributed by atoms with E-state index in [1.807, 2.05) is 0 Å². The summed E-state index contributed by atoms with van der Waals surface area (Å²) in [6.07, 6.45) is 1.47. The Morgan fingerprint density at radius 3 is 2.57 bits per heavy atom. The summed E-state index contributed by atoms with van der Waals surface area (Å²) in [4.78, 5) is 12.5. The lowest BCUT2D eigenvalue weighted by atomic mass is 9.89. The number of hydrogen-bond donors (Lipinski definition) is 2. The third-order valence-electron chi connectivity index (χ3n) is 4.02. The van der Waals surface area contributed by atoms with Gasteiger partial charge in [-0.3, -0.25) is 4.79 Å². The molecule has 0 saturated carbocycles. The smallest absolute Gasteiger partial charge is 0.251 e. The molecule has 2 aliphatic heterocycles. The maximum atomic E-state index is 12.5. The van der Waals surface area contributed by atoms with E-state index in [1.165, 1.54) is 0 Å². The molecule has 0 bridgehead atoms. The van der Waals surface area contributed by atoms with Gasteiger partial charge in [-0.2, -0.15) is 0 Å². The highest BCUT2D eigenvalue weighted by Gasteiger charge is 2.33. The van der Waals surface area contributed by atoms with E-state index in [9.17, 15) is 4.79 Å². The SMILES string of the molecule is NCC1(NC(=O)c2ccc3c(c2)OCCO3)CCOCC1. The van der Waals surface area contributed by atoms with Gasteiger partial charge in [0, 0.05) is 25.3 Å². The molecule has 0 radical (unpaired) electrons. The Morgan fingerprint density at radius 1 is 1.14 bits per heavy atom. The van der Waals surface area contributed by atoms with Crippen LogP contribution in [0.15, 0.2) is 18.2 Å². The lowest BCUT2D eigenvalue weighted by molar-refractivity contribution is 0.0388. The molecule has 2 aliphatic rings. The van der Waals surface area contributed by atoms with Crippen LogP contribution in [0, 0.1) is 0 Å². The van der Waals surface area contributed by atoms with Gasteiger partial charge in [0.15, 0.2) is 11.5 Å². The number of ether oxygens (including phenoxy) is 3. The second-order valence-corrected chi connectivity index (χ2v) is 5.41. The van der Waals surface area contributed by atoms with Crippen LogP contribution >= 0.6 is 0 Å². The summed E-state index contributed by atoms with van der Waals surface area (Å²) in [5, 5.41) is 3.06. The van der Waals surface area contributed by atoms with Crippen molar-refractivity contribution in [2.45, 2.75) is 18.4 Å². The molecule has 0 unspecified atom stereocenters. The van der Waals surface area contributed by atoms with Crippen LogP contribution < -0.4 is 20.5 Å². The molecular weight excluding hydrogens is 272 g/mol. The van der Waals surface area contributed by atoms with E-state index < -0.39 is 0 Å². The standard InChI is InChI=1S/C15H20N2O4/c16-10-15(3-5-19-6-4-15)17-14(18)11-1-2-12-13(9-11)21-8-7-20-12/h1-2,9H,3-8,10,16H2,(H,17,18). The molecule has 0 aliphatic carbocycles. The summed E-state index contributed by atoms with van der Waals surface area (Å²) in [5.41, 5.74) is 6.04. The van der Waals surface area contributed by atoms with E-state index in [0.717, 1.165) is 12.8 Å². The number of nitrogens with one attached hydrogen (secondary N) is 1. The fourth-order valence-electron chi connectivity index (χ4n) is 2.64. The van der Waals surface area contributed by atoms with Crippen molar-refractivity contribution in [3.63, 3.8) is 0 Å². The maximum Gasteiger partial charge on any atom is 0.251 e. The average molecular weight is 292 g/mol. The van der Waals surface area contributed by atoms with Gasteiger partial charge in [0.1, 0.15) is 13.2 Å². The van der Waals surface area contributed by atoms with Gasteiger partial charge in [0.05, 0.1) is 5.54 Å². The first-order chi connectivity index (χ1) is 10.2. The molecule has 1 aromatic carbocycles. The van der Waals surface area contributed by atoms with Crippen molar-refractivity contribution in [1.82, 2.24) is 5.32 Å². The van der Waals surface area contributed by atoms with Gasteiger partial charge < -0.3 is 25.3 Å². The second kappa shape index (κ2) is 5.91. The van der Waals surface area contributed by atoms with E-state index in [4.69, 9.17) is 19.9 Å². The topological polar surface area (TPSA) is 82.8 Å². The normalized spacial score (nSPS) is 19.9. The molecule has 1 aromatic rings. The largest absolute Gasteiger partial charge is 0.486 e.